The maximum Gasteiger partial charge on any atom is 0.269 e. The molecular weight excluding hydrogens is 235 g/mol. The van der Waals surface area contributed by atoms with E-state index in [9.17, 15) is 9.18 Å². The molecule has 0 atom stereocenters. The lowest BCUT2D eigenvalue weighted by Crippen LogP contribution is -2.23. The number of aromatic nitrogens is 2. The van der Waals surface area contributed by atoms with Crippen molar-refractivity contribution in [3.05, 3.63) is 57.8 Å². The van der Waals surface area contributed by atoms with Gasteiger partial charge in [-0.05, 0) is 18.2 Å². The third-order valence-corrected chi connectivity index (χ3v) is 2.39. The fourth-order valence-corrected chi connectivity index (χ4v) is 1.49. The normalized spacial score (nSPS) is 10.0. The Kier molecular flexibility index (Phi) is 3.06. The van der Waals surface area contributed by atoms with E-state index >= 15 is 0 Å². The lowest BCUT2D eigenvalue weighted by Gasteiger charge is -2.06. The van der Waals surface area contributed by atoms with Gasteiger partial charge in [-0.2, -0.15) is 10.4 Å². The van der Waals surface area contributed by atoms with Gasteiger partial charge in [0, 0.05) is 11.6 Å². The Balaban J connectivity index is 2.40. The van der Waals surface area contributed by atoms with Crippen molar-refractivity contribution in [1.82, 2.24) is 9.78 Å². The quantitative estimate of drug-likeness (QED) is 0.849. The number of hydrogen-bond donors (Lipinski definition) is 1. The van der Waals surface area contributed by atoms with Gasteiger partial charge in [-0.1, -0.05) is 0 Å². The summed E-state index contributed by atoms with van der Waals surface area (Å²) in [5.41, 5.74) is 5.79. The highest BCUT2D eigenvalue weighted by Crippen LogP contribution is 2.10. The number of nitrogens with two attached hydrogens (primary N) is 1. The summed E-state index contributed by atoms with van der Waals surface area (Å²) < 4.78 is 14.6. The minimum atomic E-state index is -0.487. The lowest BCUT2D eigenvalue weighted by atomic mass is 10.1. The number of hydrogen-bond acceptors (Lipinski definition) is 4. The Morgan fingerprint density at radius 1 is 1.44 bits per heavy atom. The largest absolute Gasteiger partial charge is 0.397 e. The first-order chi connectivity index (χ1) is 8.60. The number of anilines is 1. The van der Waals surface area contributed by atoms with Gasteiger partial charge in [-0.15, -0.1) is 0 Å². The molecule has 0 saturated heterocycles. The molecule has 0 fully saturated rings. The molecule has 0 unspecified atom stereocenters. The predicted molar refractivity (Wildman–Crippen MR) is 63.1 cm³/mol. The fourth-order valence-electron chi connectivity index (χ4n) is 1.49. The van der Waals surface area contributed by atoms with Gasteiger partial charge in [0.25, 0.3) is 5.56 Å². The van der Waals surface area contributed by atoms with Crippen LogP contribution in [0.3, 0.4) is 0 Å². The second-order valence-electron chi connectivity index (χ2n) is 3.70. The van der Waals surface area contributed by atoms with Crippen molar-refractivity contribution in [3.8, 4) is 6.07 Å². The van der Waals surface area contributed by atoms with Crippen molar-refractivity contribution in [2.75, 3.05) is 5.73 Å². The third kappa shape index (κ3) is 2.35. The first-order valence-electron chi connectivity index (χ1n) is 5.11. The summed E-state index contributed by atoms with van der Waals surface area (Å²) in [7, 11) is 0. The minimum absolute atomic E-state index is 0.0412. The number of nitrogens with zero attached hydrogens (tertiary/aromatic N) is 3. The van der Waals surface area contributed by atoms with Gasteiger partial charge in [0.1, 0.15) is 5.82 Å². The highest BCUT2D eigenvalue weighted by atomic mass is 19.1. The molecule has 1 heterocycles. The molecule has 0 aliphatic rings. The van der Waals surface area contributed by atoms with Crippen LogP contribution < -0.4 is 11.3 Å². The molecule has 2 aromatic rings. The summed E-state index contributed by atoms with van der Waals surface area (Å²) in [5.74, 6) is -0.487. The molecule has 0 aliphatic carbocycles. The number of nitriles is 1. The number of halogens is 1. The standard InChI is InChI=1S/C12H9FN4O/c13-11-2-1-8(5-14)3-9(11)7-17-12(18)4-10(15)6-16-17/h1-4,6H,7,15H2. The molecule has 18 heavy (non-hydrogen) atoms. The topological polar surface area (TPSA) is 84.7 Å². The summed E-state index contributed by atoms with van der Waals surface area (Å²) in [4.78, 5) is 11.5. The Morgan fingerprint density at radius 2 is 2.22 bits per heavy atom. The van der Waals surface area contributed by atoms with E-state index in [1.54, 1.807) is 0 Å². The van der Waals surface area contributed by atoms with Crippen LogP contribution in [0.25, 0.3) is 0 Å². The zero-order valence-corrected chi connectivity index (χ0v) is 9.30. The van der Waals surface area contributed by atoms with E-state index in [2.05, 4.69) is 5.10 Å². The average molecular weight is 244 g/mol. The summed E-state index contributed by atoms with van der Waals surface area (Å²) in [6.07, 6.45) is 1.31. The van der Waals surface area contributed by atoms with E-state index < -0.39 is 11.4 Å². The number of nitrogen functional groups attached to an aromatic ring is 1. The fraction of sp³-hybridized carbons (Fsp3) is 0.0833. The van der Waals surface area contributed by atoms with Crippen LogP contribution in [0, 0.1) is 17.1 Å². The predicted octanol–water partition coefficient (Wildman–Crippen LogP) is 0.885. The van der Waals surface area contributed by atoms with E-state index in [4.69, 9.17) is 11.0 Å². The monoisotopic (exact) mass is 244 g/mol. The summed E-state index contributed by atoms with van der Waals surface area (Å²) in [6.45, 7) is -0.0412. The van der Waals surface area contributed by atoms with Gasteiger partial charge >= 0.3 is 0 Å². The van der Waals surface area contributed by atoms with Gasteiger partial charge in [0.05, 0.1) is 30.1 Å². The Morgan fingerprint density at radius 3 is 2.89 bits per heavy atom. The molecule has 1 aromatic heterocycles. The van der Waals surface area contributed by atoms with E-state index in [1.807, 2.05) is 6.07 Å². The van der Waals surface area contributed by atoms with Gasteiger partial charge < -0.3 is 5.73 Å². The minimum Gasteiger partial charge on any atom is -0.397 e. The van der Waals surface area contributed by atoms with Crippen molar-refractivity contribution in [2.45, 2.75) is 6.54 Å². The SMILES string of the molecule is N#Cc1ccc(F)c(Cn2ncc(N)cc2=O)c1. The van der Waals surface area contributed by atoms with Gasteiger partial charge in [0.15, 0.2) is 0 Å². The zero-order valence-electron chi connectivity index (χ0n) is 9.30. The van der Waals surface area contributed by atoms with E-state index in [1.165, 1.54) is 30.5 Å². The van der Waals surface area contributed by atoms with Crippen LogP contribution in [-0.4, -0.2) is 9.78 Å². The Hall–Kier alpha value is -2.68. The third-order valence-electron chi connectivity index (χ3n) is 2.39. The highest BCUT2D eigenvalue weighted by Gasteiger charge is 2.06. The van der Waals surface area contributed by atoms with Crippen LogP contribution in [0.1, 0.15) is 11.1 Å². The van der Waals surface area contributed by atoms with Gasteiger partial charge in [0.2, 0.25) is 0 Å². The summed E-state index contributed by atoms with van der Waals surface area (Å²) >= 11 is 0. The maximum absolute atomic E-state index is 13.5. The van der Waals surface area contributed by atoms with Crippen molar-refractivity contribution >= 4 is 5.69 Å². The molecule has 0 spiro atoms. The second-order valence-corrected chi connectivity index (χ2v) is 3.70. The number of benzene rings is 1. The first-order valence-corrected chi connectivity index (χ1v) is 5.11. The van der Waals surface area contributed by atoms with Gasteiger partial charge in [-0.3, -0.25) is 4.79 Å². The molecule has 0 aliphatic heterocycles. The van der Waals surface area contributed by atoms with E-state index in [0.29, 0.717) is 5.56 Å². The molecule has 0 amide bonds. The summed E-state index contributed by atoms with van der Waals surface area (Å²) in [6, 6.07) is 7.07. The van der Waals surface area contributed by atoms with Crippen LogP contribution in [0.15, 0.2) is 35.3 Å². The molecule has 90 valence electrons. The number of rotatable bonds is 2. The molecule has 6 heteroatoms. The molecule has 0 bridgehead atoms. The molecule has 1 aromatic carbocycles. The van der Waals surface area contributed by atoms with Crippen molar-refractivity contribution in [2.24, 2.45) is 0 Å². The molecular formula is C12H9FN4O. The molecule has 5 nitrogen and oxygen atoms in total. The summed E-state index contributed by atoms with van der Waals surface area (Å²) in [5, 5.41) is 12.5. The Labute approximate surface area is 102 Å². The second kappa shape index (κ2) is 4.67. The van der Waals surface area contributed by atoms with Crippen molar-refractivity contribution < 1.29 is 4.39 Å². The van der Waals surface area contributed by atoms with E-state index in [-0.39, 0.29) is 17.8 Å². The lowest BCUT2D eigenvalue weighted by molar-refractivity contribution is 0.572. The van der Waals surface area contributed by atoms with Crippen LogP contribution in [0.4, 0.5) is 10.1 Å². The van der Waals surface area contributed by atoms with Crippen LogP contribution >= 0.6 is 0 Å². The smallest absolute Gasteiger partial charge is 0.269 e. The van der Waals surface area contributed by atoms with Crippen LogP contribution in [0.5, 0.6) is 0 Å². The van der Waals surface area contributed by atoms with Crippen molar-refractivity contribution in [1.29, 1.82) is 5.26 Å². The van der Waals surface area contributed by atoms with E-state index in [0.717, 1.165) is 4.68 Å². The first kappa shape index (κ1) is 11.8. The molecule has 0 radical (unpaired) electrons. The van der Waals surface area contributed by atoms with Crippen LogP contribution in [-0.2, 0) is 6.54 Å². The molecule has 2 N–H and O–H groups in total. The molecule has 2 rings (SSSR count). The van der Waals surface area contributed by atoms with Crippen molar-refractivity contribution in [3.63, 3.8) is 0 Å². The van der Waals surface area contributed by atoms with Crippen LogP contribution in [0.2, 0.25) is 0 Å². The molecule has 0 saturated carbocycles. The average Bonchev–Trinajstić information content (AvgIpc) is 2.35. The maximum atomic E-state index is 13.5. The van der Waals surface area contributed by atoms with Gasteiger partial charge in [-0.25, -0.2) is 9.07 Å². The zero-order chi connectivity index (χ0) is 13.1. The Bertz CT molecular complexity index is 687. The highest BCUT2D eigenvalue weighted by molar-refractivity contribution is 5.34.